The molecule has 1 aromatic carbocycles. The van der Waals surface area contributed by atoms with Gasteiger partial charge in [-0.05, 0) is 37.5 Å². The standard InChI is InChI=1S/C18H24FNO4/c1-2-10-24-18(8-4-3-5-9-18)12-20-16(21)14-7-6-13(17(22)23)11-15(14)19/h6-7,11H,2-5,8-10,12H2,1H3,(H,20,21)(H,22,23). The van der Waals surface area contributed by atoms with E-state index in [4.69, 9.17) is 9.84 Å². The number of carboxylic acid groups (broad SMARTS) is 1. The Bertz CT molecular complexity index is 597. The summed E-state index contributed by atoms with van der Waals surface area (Å²) in [5.74, 6) is -2.61. The van der Waals surface area contributed by atoms with Gasteiger partial charge in [-0.3, -0.25) is 4.79 Å². The number of hydrogen-bond acceptors (Lipinski definition) is 3. The lowest BCUT2D eigenvalue weighted by atomic mass is 9.84. The van der Waals surface area contributed by atoms with Crippen LogP contribution in [0.2, 0.25) is 0 Å². The average Bonchev–Trinajstić information content (AvgIpc) is 2.58. The highest BCUT2D eigenvalue weighted by Crippen LogP contribution is 2.31. The average molecular weight is 337 g/mol. The number of hydrogen-bond donors (Lipinski definition) is 2. The van der Waals surface area contributed by atoms with Crippen molar-refractivity contribution in [2.24, 2.45) is 0 Å². The van der Waals surface area contributed by atoms with E-state index < -0.39 is 17.7 Å². The number of carbonyl (C=O) groups is 2. The van der Waals surface area contributed by atoms with E-state index in [1.807, 2.05) is 6.92 Å². The van der Waals surface area contributed by atoms with E-state index in [0.29, 0.717) is 13.2 Å². The molecular formula is C18H24FNO4. The molecular weight excluding hydrogens is 313 g/mol. The number of nitrogens with one attached hydrogen (secondary N) is 1. The SMILES string of the molecule is CCCOC1(CNC(=O)c2ccc(C(=O)O)cc2F)CCCCC1. The zero-order valence-electron chi connectivity index (χ0n) is 13.9. The fraction of sp³-hybridized carbons (Fsp3) is 0.556. The van der Waals surface area contributed by atoms with Gasteiger partial charge in [0.25, 0.3) is 5.91 Å². The lowest BCUT2D eigenvalue weighted by Gasteiger charge is -2.37. The molecule has 1 aliphatic rings. The molecule has 6 heteroatoms. The van der Waals surface area contributed by atoms with Crippen molar-refractivity contribution in [1.29, 1.82) is 0 Å². The maximum atomic E-state index is 14.0. The van der Waals surface area contributed by atoms with Crippen LogP contribution < -0.4 is 5.32 Å². The first-order valence-corrected chi connectivity index (χ1v) is 8.42. The molecule has 0 aliphatic heterocycles. The quantitative estimate of drug-likeness (QED) is 0.800. The Balaban J connectivity index is 2.04. The van der Waals surface area contributed by atoms with Gasteiger partial charge < -0.3 is 15.2 Å². The number of halogens is 1. The minimum absolute atomic E-state index is 0.151. The molecule has 0 saturated heterocycles. The van der Waals surface area contributed by atoms with E-state index in [9.17, 15) is 14.0 Å². The van der Waals surface area contributed by atoms with Crippen LogP contribution in [0, 0.1) is 5.82 Å². The van der Waals surface area contributed by atoms with Gasteiger partial charge in [0.05, 0.1) is 16.7 Å². The van der Waals surface area contributed by atoms with Gasteiger partial charge in [-0.15, -0.1) is 0 Å². The molecule has 0 unspecified atom stereocenters. The first-order valence-electron chi connectivity index (χ1n) is 8.42. The summed E-state index contributed by atoms with van der Waals surface area (Å²) >= 11 is 0. The van der Waals surface area contributed by atoms with Gasteiger partial charge in [0.2, 0.25) is 0 Å². The summed E-state index contributed by atoms with van der Waals surface area (Å²) in [4.78, 5) is 23.1. The molecule has 24 heavy (non-hydrogen) atoms. The highest BCUT2D eigenvalue weighted by molar-refractivity contribution is 5.96. The van der Waals surface area contributed by atoms with E-state index >= 15 is 0 Å². The molecule has 5 nitrogen and oxygen atoms in total. The number of aromatic carboxylic acids is 1. The molecule has 2 N–H and O–H groups in total. The highest BCUT2D eigenvalue weighted by atomic mass is 19.1. The molecule has 1 aliphatic carbocycles. The number of amides is 1. The lowest BCUT2D eigenvalue weighted by molar-refractivity contribution is -0.0669. The van der Waals surface area contributed by atoms with E-state index in [1.54, 1.807) is 0 Å². The van der Waals surface area contributed by atoms with Gasteiger partial charge in [-0.1, -0.05) is 26.2 Å². The van der Waals surface area contributed by atoms with Crippen molar-refractivity contribution in [1.82, 2.24) is 5.32 Å². The number of carboxylic acids is 1. The third-order valence-electron chi connectivity index (χ3n) is 4.41. The van der Waals surface area contributed by atoms with Gasteiger partial charge in [-0.25, -0.2) is 9.18 Å². The summed E-state index contributed by atoms with van der Waals surface area (Å²) in [6.45, 7) is 3.01. The number of ether oxygens (including phenoxy) is 1. The van der Waals surface area contributed by atoms with Crippen molar-refractivity contribution in [2.75, 3.05) is 13.2 Å². The summed E-state index contributed by atoms with van der Waals surface area (Å²) in [5, 5.41) is 11.6. The van der Waals surface area contributed by atoms with Crippen LogP contribution in [0.4, 0.5) is 4.39 Å². The predicted molar refractivity (Wildman–Crippen MR) is 87.8 cm³/mol. The summed E-state index contributed by atoms with van der Waals surface area (Å²) in [6.07, 6.45) is 5.95. The molecule has 0 atom stereocenters. The van der Waals surface area contributed by atoms with E-state index in [-0.39, 0.29) is 16.7 Å². The molecule has 132 valence electrons. The van der Waals surface area contributed by atoms with Crippen molar-refractivity contribution < 1.29 is 23.8 Å². The van der Waals surface area contributed by atoms with Crippen LogP contribution in [0.3, 0.4) is 0 Å². The van der Waals surface area contributed by atoms with Gasteiger partial charge in [-0.2, -0.15) is 0 Å². The maximum Gasteiger partial charge on any atom is 0.335 e. The molecule has 1 fully saturated rings. The second kappa shape index (κ2) is 8.24. The second-order valence-corrected chi connectivity index (χ2v) is 6.27. The fourth-order valence-electron chi connectivity index (χ4n) is 3.06. The molecule has 0 heterocycles. The van der Waals surface area contributed by atoms with Crippen LogP contribution in [0.25, 0.3) is 0 Å². The third-order valence-corrected chi connectivity index (χ3v) is 4.41. The Hall–Kier alpha value is -1.95. The van der Waals surface area contributed by atoms with E-state index in [1.165, 1.54) is 12.1 Å². The number of carbonyl (C=O) groups excluding carboxylic acids is 1. The van der Waals surface area contributed by atoms with Crippen molar-refractivity contribution >= 4 is 11.9 Å². The van der Waals surface area contributed by atoms with E-state index in [0.717, 1.165) is 44.6 Å². The molecule has 1 aromatic rings. The minimum atomic E-state index is -1.23. The zero-order valence-corrected chi connectivity index (χ0v) is 13.9. The smallest absolute Gasteiger partial charge is 0.335 e. The fourth-order valence-corrected chi connectivity index (χ4v) is 3.06. The molecule has 0 bridgehead atoms. The molecule has 1 saturated carbocycles. The van der Waals surface area contributed by atoms with Crippen LogP contribution in [0.15, 0.2) is 18.2 Å². The normalized spacial score (nSPS) is 16.6. The van der Waals surface area contributed by atoms with Gasteiger partial charge in [0.1, 0.15) is 5.82 Å². The third kappa shape index (κ3) is 4.54. The molecule has 0 radical (unpaired) electrons. The van der Waals surface area contributed by atoms with E-state index in [2.05, 4.69) is 5.32 Å². The highest BCUT2D eigenvalue weighted by Gasteiger charge is 2.33. The summed E-state index contributed by atoms with van der Waals surface area (Å²) in [6, 6.07) is 3.29. The number of rotatable bonds is 7. The molecule has 1 amide bonds. The van der Waals surface area contributed by atoms with Gasteiger partial charge >= 0.3 is 5.97 Å². The van der Waals surface area contributed by atoms with Crippen LogP contribution in [0.1, 0.15) is 66.2 Å². The Labute approximate surface area is 141 Å². The minimum Gasteiger partial charge on any atom is -0.478 e. The topological polar surface area (TPSA) is 75.6 Å². The van der Waals surface area contributed by atoms with Crippen molar-refractivity contribution in [3.63, 3.8) is 0 Å². The summed E-state index contributed by atoms with van der Waals surface area (Å²) < 4.78 is 20.0. The van der Waals surface area contributed by atoms with Crippen molar-refractivity contribution in [3.8, 4) is 0 Å². The van der Waals surface area contributed by atoms with Crippen LogP contribution in [0.5, 0.6) is 0 Å². The summed E-state index contributed by atoms with van der Waals surface area (Å²) in [7, 11) is 0. The Morgan fingerprint density at radius 3 is 2.58 bits per heavy atom. The van der Waals surface area contributed by atoms with Crippen LogP contribution in [-0.2, 0) is 4.74 Å². The largest absolute Gasteiger partial charge is 0.478 e. The predicted octanol–water partition coefficient (Wildman–Crippen LogP) is 3.38. The Morgan fingerprint density at radius 2 is 2.00 bits per heavy atom. The second-order valence-electron chi connectivity index (χ2n) is 6.27. The van der Waals surface area contributed by atoms with Crippen molar-refractivity contribution in [3.05, 3.63) is 35.1 Å². The Kier molecular flexibility index (Phi) is 6.31. The zero-order chi connectivity index (χ0) is 17.6. The van der Waals surface area contributed by atoms with Crippen LogP contribution >= 0.6 is 0 Å². The van der Waals surface area contributed by atoms with Gasteiger partial charge in [0, 0.05) is 13.2 Å². The molecule has 0 spiro atoms. The lowest BCUT2D eigenvalue weighted by Crippen LogP contribution is -2.46. The van der Waals surface area contributed by atoms with Gasteiger partial charge in [0.15, 0.2) is 0 Å². The maximum absolute atomic E-state index is 14.0. The van der Waals surface area contributed by atoms with Crippen molar-refractivity contribution in [2.45, 2.75) is 51.0 Å². The summed E-state index contributed by atoms with van der Waals surface area (Å²) in [5.41, 5.74) is -0.706. The first-order chi connectivity index (χ1) is 11.5. The first kappa shape index (κ1) is 18.4. The molecule has 0 aromatic heterocycles. The number of benzene rings is 1. The van der Waals surface area contributed by atoms with Crippen LogP contribution in [-0.4, -0.2) is 35.7 Å². The molecule has 2 rings (SSSR count). The monoisotopic (exact) mass is 337 g/mol. The Morgan fingerprint density at radius 1 is 1.29 bits per heavy atom.